The molecule has 4 rings (SSSR count). The lowest BCUT2D eigenvalue weighted by Gasteiger charge is -2.37. The van der Waals surface area contributed by atoms with Crippen molar-refractivity contribution in [2.45, 2.75) is 44.8 Å². The number of likely N-dealkylation sites (tertiary alicyclic amines) is 1. The predicted molar refractivity (Wildman–Crippen MR) is 123 cm³/mol. The molecule has 1 atom stereocenters. The highest BCUT2D eigenvalue weighted by Gasteiger charge is 2.44. The lowest BCUT2D eigenvalue weighted by atomic mass is 9.99. The first-order valence-corrected chi connectivity index (χ1v) is 11.4. The maximum Gasteiger partial charge on any atom is 0.228 e. The number of nitrogens with one attached hydrogen (secondary N) is 1. The van der Waals surface area contributed by atoms with E-state index in [1.165, 1.54) is 0 Å². The van der Waals surface area contributed by atoms with E-state index in [0.717, 1.165) is 56.9 Å². The van der Waals surface area contributed by atoms with Gasteiger partial charge in [-0.1, -0.05) is 11.6 Å². The van der Waals surface area contributed by atoms with Crippen LogP contribution in [0.5, 0.6) is 0 Å². The fourth-order valence-electron chi connectivity index (χ4n) is 4.38. The van der Waals surface area contributed by atoms with Gasteiger partial charge in [0.1, 0.15) is 11.0 Å². The molecule has 3 aliphatic rings. The Balaban J connectivity index is 1.51. The Labute approximate surface area is 188 Å². The molecule has 2 saturated heterocycles. The molecule has 4 heterocycles. The van der Waals surface area contributed by atoms with Gasteiger partial charge in [0.05, 0.1) is 24.4 Å². The van der Waals surface area contributed by atoms with Crippen LogP contribution in [0, 0.1) is 0 Å². The fraction of sp³-hybridized carbons (Fsp3) is 0.750. The number of ether oxygens (including phenoxy) is 1. The number of morpholine rings is 1. The van der Waals surface area contributed by atoms with Crippen molar-refractivity contribution in [3.05, 3.63) is 10.7 Å². The number of anilines is 2. The molecule has 166 valence electrons. The number of thiocarbonyl (C=S) groups is 1. The van der Waals surface area contributed by atoms with Crippen LogP contribution >= 0.6 is 23.8 Å². The van der Waals surface area contributed by atoms with E-state index >= 15 is 0 Å². The molecule has 2 fully saturated rings. The molecular formula is C20H31ClN6O2S. The second-order valence-electron chi connectivity index (χ2n) is 9.26. The molecular weight excluding hydrogens is 424 g/mol. The molecule has 0 saturated carbocycles. The van der Waals surface area contributed by atoms with Crippen LogP contribution in [-0.2, 0) is 11.2 Å². The van der Waals surface area contributed by atoms with Gasteiger partial charge >= 0.3 is 0 Å². The van der Waals surface area contributed by atoms with Gasteiger partial charge in [-0.25, -0.2) is 4.98 Å². The number of fused-ring (bicyclic) bond motifs is 1. The quantitative estimate of drug-likeness (QED) is 0.519. The summed E-state index contributed by atoms with van der Waals surface area (Å²) in [6.07, 6.45) is 1.83. The van der Waals surface area contributed by atoms with E-state index in [1.54, 1.807) is 13.8 Å². The summed E-state index contributed by atoms with van der Waals surface area (Å²) >= 11 is 12.2. The van der Waals surface area contributed by atoms with Crippen LogP contribution in [0.2, 0.25) is 5.15 Å². The van der Waals surface area contributed by atoms with Crippen molar-refractivity contribution in [3.8, 4) is 0 Å². The molecule has 0 spiro atoms. The summed E-state index contributed by atoms with van der Waals surface area (Å²) in [6.45, 7) is 11.7. The first kappa shape index (κ1) is 21.8. The monoisotopic (exact) mass is 454 g/mol. The fourth-order valence-corrected chi connectivity index (χ4v) is 4.86. The maximum absolute atomic E-state index is 9.97. The average molecular weight is 455 g/mol. The third-order valence-electron chi connectivity index (χ3n) is 6.12. The van der Waals surface area contributed by atoms with Gasteiger partial charge in [-0.2, -0.15) is 4.98 Å². The van der Waals surface area contributed by atoms with Gasteiger partial charge < -0.3 is 29.9 Å². The number of rotatable bonds is 4. The first-order valence-electron chi connectivity index (χ1n) is 10.6. The van der Waals surface area contributed by atoms with Gasteiger partial charge in [0.15, 0.2) is 5.11 Å². The first-order chi connectivity index (χ1) is 14.2. The lowest BCUT2D eigenvalue weighted by Crippen LogP contribution is -2.50. The molecule has 1 aromatic heterocycles. The average Bonchev–Trinajstić information content (AvgIpc) is 3.31. The summed E-state index contributed by atoms with van der Waals surface area (Å²) < 4.78 is 5.46. The number of aliphatic hydroxyl groups is 1. The zero-order valence-corrected chi connectivity index (χ0v) is 19.5. The molecule has 0 bridgehead atoms. The van der Waals surface area contributed by atoms with E-state index in [0.29, 0.717) is 36.0 Å². The van der Waals surface area contributed by atoms with E-state index in [2.05, 4.69) is 31.9 Å². The molecule has 10 heteroatoms. The molecule has 0 radical (unpaired) electrons. The van der Waals surface area contributed by atoms with E-state index in [4.69, 9.17) is 33.5 Å². The van der Waals surface area contributed by atoms with Crippen molar-refractivity contribution in [2.24, 2.45) is 0 Å². The molecule has 3 aliphatic heterocycles. The minimum Gasteiger partial charge on any atom is -0.389 e. The van der Waals surface area contributed by atoms with E-state index in [1.807, 2.05) is 0 Å². The van der Waals surface area contributed by atoms with Gasteiger partial charge in [-0.15, -0.1) is 0 Å². The number of hydrogen-bond donors (Lipinski definition) is 2. The Morgan fingerprint density at radius 3 is 2.70 bits per heavy atom. The molecule has 0 unspecified atom stereocenters. The van der Waals surface area contributed by atoms with Crippen LogP contribution in [0.1, 0.15) is 32.8 Å². The topological polar surface area (TPSA) is 77.0 Å². The molecule has 0 aliphatic carbocycles. The van der Waals surface area contributed by atoms with Gasteiger partial charge in [0.25, 0.3) is 0 Å². The molecule has 2 N–H and O–H groups in total. The van der Waals surface area contributed by atoms with Crippen LogP contribution in [0.3, 0.4) is 0 Å². The lowest BCUT2D eigenvalue weighted by molar-refractivity contribution is 0.0843. The molecule has 1 aromatic rings. The van der Waals surface area contributed by atoms with Crippen molar-refractivity contribution in [3.63, 3.8) is 0 Å². The van der Waals surface area contributed by atoms with E-state index < -0.39 is 5.60 Å². The summed E-state index contributed by atoms with van der Waals surface area (Å²) in [7, 11) is 0. The second kappa shape index (κ2) is 8.26. The van der Waals surface area contributed by atoms with Crippen LogP contribution in [-0.4, -0.2) is 88.7 Å². The van der Waals surface area contributed by atoms with Crippen LogP contribution in [0.25, 0.3) is 0 Å². The smallest absolute Gasteiger partial charge is 0.228 e. The maximum atomic E-state index is 9.97. The number of aromatic nitrogens is 2. The third kappa shape index (κ3) is 4.44. The summed E-state index contributed by atoms with van der Waals surface area (Å²) in [4.78, 5) is 16.2. The van der Waals surface area contributed by atoms with Crippen LogP contribution < -0.4 is 15.1 Å². The summed E-state index contributed by atoms with van der Waals surface area (Å²) in [5.74, 6) is 1.64. The number of nitrogens with zero attached hydrogens (tertiary/aromatic N) is 5. The Bertz CT molecular complexity index is 813. The van der Waals surface area contributed by atoms with Crippen LogP contribution in [0.4, 0.5) is 11.8 Å². The second-order valence-corrected chi connectivity index (χ2v) is 10.0. The Morgan fingerprint density at radius 2 is 2.00 bits per heavy atom. The summed E-state index contributed by atoms with van der Waals surface area (Å²) in [5.41, 5.74) is 0.145. The highest BCUT2D eigenvalue weighted by molar-refractivity contribution is 7.80. The SMILES string of the molecule is CC(C)(O)CNC(=S)N1CC[C@](C)(N2CCc3c(Cl)nc(N4CCOCC4)nc32)C1. The number of halogens is 1. The van der Waals surface area contributed by atoms with Crippen molar-refractivity contribution < 1.29 is 9.84 Å². The van der Waals surface area contributed by atoms with Gasteiger partial charge in [0.2, 0.25) is 5.95 Å². The molecule has 0 amide bonds. The standard InChI is InChI=1S/C20H31ClN6O2S/c1-19(2,28)12-22-18(30)26-7-5-20(3,13-26)27-6-4-14-15(21)23-17(24-16(14)27)25-8-10-29-11-9-25/h28H,4-13H2,1-3H3,(H,22,30)/t20-/m0/s1. The predicted octanol–water partition coefficient (Wildman–Crippen LogP) is 1.44. The Kier molecular flexibility index (Phi) is 6.00. The summed E-state index contributed by atoms with van der Waals surface area (Å²) in [5, 5.41) is 14.4. The number of hydrogen-bond acceptors (Lipinski definition) is 7. The third-order valence-corrected chi connectivity index (χ3v) is 6.84. The zero-order chi connectivity index (χ0) is 21.5. The highest BCUT2D eigenvalue weighted by Crippen LogP contribution is 2.40. The normalized spacial score (nSPS) is 24.4. The Hall–Kier alpha value is -1.42. The van der Waals surface area contributed by atoms with Crippen molar-refractivity contribution in [2.75, 3.05) is 62.3 Å². The van der Waals surface area contributed by atoms with Crippen molar-refractivity contribution >= 4 is 40.7 Å². The van der Waals surface area contributed by atoms with Crippen molar-refractivity contribution in [1.82, 2.24) is 20.2 Å². The molecule has 8 nitrogen and oxygen atoms in total. The molecule has 0 aromatic carbocycles. The minimum atomic E-state index is -0.801. The van der Waals surface area contributed by atoms with Crippen LogP contribution in [0.15, 0.2) is 0 Å². The molecule has 30 heavy (non-hydrogen) atoms. The van der Waals surface area contributed by atoms with E-state index in [-0.39, 0.29) is 5.54 Å². The van der Waals surface area contributed by atoms with Crippen molar-refractivity contribution in [1.29, 1.82) is 0 Å². The van der Waals surface area contributed by atoms with E-state index in [9.17, 15) is 5.11 Å². The minimum absolute atomic E-state index is 0.0916. The zero-order valence-electron chi connectivity index (χ0n) is 17.9. The largest absolute Gasteiger partial charge is 0.389 e. The Morgan fingerprint density at radius 1 is 1.27 bits per heavy atom. The van der Waals surface area contributed by atoms with Gasteiger partial charge in [0, 0.05) is 44.8 Å². The van der Waals surface area contributed by atoms with Gasteiger partial charge in [-0.05, 0) is 45.8 Å². The highest BCUT2D eigenvalue weighted by atomic mass is 35.5. The van der Waals surface area contributed by atoms with Gasteiger partial charge in [-0.3, -0.25) is 0 Å². The summed E-state index contributed by atoms with van der Waals surface area (Å²) in [6, 6.07) is 0.